The van der Waals surface area contributed by atoms with Crippen molar-refractivity contribution < 1.29 is 23.4 Å². The first-order valence-electron chi connectivity index (χ1n) is 15.1. The molecule has 2 aromatic heterocycles. The summed E-state index contributed by atoms with van der Waals surface area (Å²) in [5.74, 6) is -2.13. The Morgan fingerprint density at radius 1 is 1.13 bits per heavy atom. The number of halogens is 2. The van der Waals surface area contributed by atoms with Crippen LogP contribution in [0, 0.1) is 18.6 Å². The fourth-order valence-electron chi connectivity index (χ4n) is 5.75. The van der Waals surface area contributed by atoms with Gasteiger partial charge in [-0.25, -0.2) is 18.7 Å². The van der Waals surface area contributed by atoms with Crippen molar-refractivity contribution >= 4 is 22.6 Å². The lowest BCUT2D eigenvalue weighted by molar-refractivity contribution is -0.0260. The van der Waals surface area contributed by atoms with Gasteiger partial charge in [-0.2, -0.15) is 0 Å². The number of nitrogens with two attached hydrogens (primary N) is 1. The predicted octanol–water partition coefficient (Wildman–Crippen LogP) is 5.52. The first-order chi connectivity index (χ1) is 22.0. The summed E-state index contributed by atoms with van der Waals surface area (Å²) in [7, 11) is 0. The molecule has 1 aliphatic rings. The van der Waals surface area contributed by atoms with Gasteiger partial charge in [-0.05, 0) is 73.4 Å². The molecule has 5 N–H and O–H groups in total. The number of nitrogens with one attached hydrogen (secondary N) is 2. The highest BCUT2D eigenvalue weighted by molar-refractivity contribution is 6.06. The molecule has 1 fully saturated rings. The average molecular weight is 627 g/mol. The lowest BCUT2D eigenvalue weighted by atomic mass is 9.96. The highest BCUT2D eigenvalue weighted by Crippen LogP contribution is 2.35. The zero-order valence-corrected chi connectivity index (χ0v) is 25.9. The first-order valence-corrected chi connectivity index (χ1v) is 15.1. The van der Waals surface area contributed by atoms with Crippen molar-refractivity contribution in [2.45, 2.75) is 39.0 Å². The number of benzene rings is 3. The Labute approximate surface area is 265 Å². The molecule has 1 unspecified atom stereocenters. The van der Waals surface area contributed by atoms with Gasteiger partial charge in [0.2, 0.25) is 0 Å². The van der Waals surface area contributed by atoms with E-state index in [-0.39, 0.29) is 17.4 Å². The summed E-state index contributed by atoms with van der Waals surface area (Å²) >= 11 is 0. The molecule has 6 rings (SSSR count). The first kappa shape index (κ1) is 31.4. The van der Waals surface area contributed by atoms with Crippen molar-refractivity contribution in [3.8, 4) is 22.5 Å². The van der Waals surface area contributed by atoms with Crippen LogP contribution < -0.4 is 11.1 Å². The van der Waals surface area contributed by atoms with E-state index in [0.29, 0.717) is 46.6 Å². The number of rotatable bonds is 8. The SMILES string of the molecule is Cc1c(NC(=O)c2ccc(C(C)(C)O)cc2F)cc(F)cc1-c1ncnc2[nH]c(-c3ccc(CN4CCOC(CN)C4)cc3)cc12. The number of nitrogens with zero attached hydrogens (tertiary/aromatic N) is 3. The average Bonchev–Trinajstić information content (AvgIpc) is 3.47. The molecule has 1 atom stereocenters. The van der Waals surface area contributed by atoms with E-state index in [9.17, 15) is 14.3 Å². The number of anilines is 1. The topological polar surface area (TPSA) is 129 Å². The molecule has 3 aromatic carbocycles. The Balaban J connectivity index is 1.26. The van der Waals surface area contributed by atoms with Crippen molar-refractivity contribution in [2.75, 3.05) is 31.6 Å². The number of fused-ring (bicyclic) bond motifs is 1. The second-order valence-electron chi connectivity index (χ2n) is 12.2. The number of hydrogen-bond donors (Lipinski definition) is 4. The lowest BCUT2D eigenvalue weighted by Crippen LogP contribution is -2.45. The Kier molecular flexibility index (Phi) is 8.67. The summed E-state index contributed by atoms with van der Waals surface area (Å²) in [5.41, 5.74) is 9.83. The molecular formula is C35H36F2N6O3. The van der Waals surface area contributed by atoms with Gasteiger partial charge in [0.1, 0.15) is 23.6 Å². The van der Waals surface area contributed by atoms with Crippen LogP contribution in [0.2, 0.25) is 0 Å². The Hall–Kier alpha value is -4.55. The van der Waals surface area contributed by atoms with E-state index in [1.165, 1.54) is 50.0 Å². The highest BCUT2D eigenvalue weighted by atomic mass is 19.1. The van der Waals surface area contributed by atoms with Crippen LogP contribution in [-0.4, -0.2) is 63.2 Å². The number of carbonyl (C=O) groups is 1. The van der Waals surface area contributed by atoms with Gasteiger partial charge in [-0.1, -0.05) is 30.3 Å². The molecule has 1 amide bonds. The van der Waals surface area contributed by atoms with Gasteiger partial charge < -0.3 is 25.9 Å². The van der Waals surface area contributed by atoms with Crippen LogP contribution in [0.3, 0.4) is 0 Å². The molecule has 0 spiro atoms. The monoisotopic (exact) mass is 626 g/mol. The number of carbonyl (C=O) groups excluding carboxylic acids is 1. The molecule has 11 heteroatoms. The van der Waals surface area contributed by atoms with E-state index in [1.807, 2.05) is 18.2 Å². The van der Waals surface area contributed by atoms with Crippen LogP contribution in [0.25, 0.3) is 33.5 Å². The van der Waals surface area contributed by atoms with E-state index in [1.54, 1.807) is 6.92 Å². The van der Waals surface area contributed by atoms with Crippen molar-refractivity contribution in [1.82, 2.24) is 19.9 Å². The number of aliphatic hydroxyl groups is 1. The standard InChI is InChI=1S/C35H36F2N6O3/c1-20-27(13-24(36)14-30(20)42-34(44)26-9-8-23(12-29(26)37)35(2,3)45)32-28-15-31(41-33(28)40-19-39-32)22-6-4-21(5-7-22)17-43-10-11-46-25(16-38)18-43/h4-9,12-15,19,25,45H,10-11,16-18,38H2,1-3H3,(H,42,44)(H,39,40,41). The maximum Gasteiger partial charge on any atom is 0.258 e. The smallest absolute Gasteiger partial charge is 0.258 e. The Morgan fingerprint density at radius 3 is 2.63 bits per heavy atom. The van der Waals surface area contributed by atoms with E-state index in [2.05, 4.69) is 37.3 Å². The van der Waals surface area contributed by atoms with Gasteiger partial charge >= 0.3 is 0 Å². The maximum absolute atomic E-state index is 15.0. The van der Waals surface area contributed by atoms with Gasteiger partial charge in [0.05, 0.1) is 29.6 Å². The summed E-state index contributed by atoms with van der Waals surface area (Å²) in [4.78, 5) is 27.6. The third-order valence-corrected chi connectivity index (χ3v) is 8.38. The number of morpholine rings is 1. The van der Waals surface area contributed by atoms with Crippen molar-refractivity contribution in [2.24, 2.45) is 5.73 Å². The highest BCUT2D eigenvalue weighted by Gasteiger charge is 2.22. The number of hydrogen-bond acceptors (Lipinski definition) is 7. The lowest BCUT2D eigenvalue weighted by Gasteiger charge is -2.32. The molecule has 9 nitrogen and oxygen atoms in total. The van der Waals surface area contributed by atoms with Gasteiger partial charge in [0.15, 0.2) is 0 Å². The zero-order chi connectivity index (χ0) is 32.6. The summed E-state index contributed by atoms with van der Waals surface area (Å²) in [6.45, 7) is 8.44. The zero-order valence-electron chi connectivity index (χ0n) is 25.9. The van der Waals surface area contributed by atoms with Gasteiger partial charge in [0, 0.05) is 48.5 Å². The van der Waals surface area contributed by atoms with Crippen molar-refractivity contribution in [3.63, 3.8) is 0 Å². The van der Waals surface area contributed by atoms with E-state index in [0.717, 1.165) is 37.0 Å². The van der Waals surface area contributed by atoms with Crippen molar-refractivity contribution in [1.29, 1.82) is 0 Å². The molecule has 1 aliphatic heterocycles. The number of amides is 1. The minimum atomic E-state index is -1.27. The molecule has 5 aromatic rings. The third-order valence-electron chi connectivity index (χ3n) is 8.38. The third kappa shape index (κ3) is 6.54. The van der Waals surface area contributed by atoms with Crippen LogP contribution >= 0.6 is 0 Å². The molecule has 0 bridgehead atoms. The van der Waals surface area contributed by atoms with E-state index >= 15 is 4.39 Å². The Bertz CT molecular complexity index is 1900. The van der Waals surface area contributed by atoms with E-state index in [4.69, 9.17) is 10.5 Å². The summed E-state index contributed by atoms with van der Waals surface area (Å²) < 4.78 is 35.5. The second-order valence-corrected chi connectivity index (χ2v) is 12.2. The largest absolute Gasteiger partial charge is 0.386 e. The van der Waals surface area contributed by atoms with Crippen LogP contribution in [0.15, 0.2) is 67.0 Å². The molecule has 46 heavy (non-hydrogen) atoms. The van der Waals surface area contributed by atoms with Gasteiger partial charge in [0.25, 0.3) is 5.91 Å². The second kappa shape index (κ2) is 12.7. The quantitative estimate of drug-likeness (QED) is 0.179. The predicted molar refractivity (Wildman–Crippen MR) is 173 cm³/mol. The fraction of sp³-hybridized carbons (Fsp3) is 0.286. The fourth-order valence-corrected chi connectivity index (χ4v) is 5.75. The molecule has 238 valence electrons. The van der Waals surface area contributed by atoms with Crippen LogP contribution in [0.5, 0.6) is 0 Å². The van der Waals surface area contributed by atoms with Gasteiger partial charge in [-0.15, -0.1) is 0 Å². The summed E-state index contributed by atoms with van der Waals surface area (Å²) in [6, 6.07) is 16.6. The van der Waals surface area contributed by atoms with E-state index < -0.39 is 23.1 Å². The summed E-state index contributed by atoms with van der Waals surface area (Å²) in [6.07, 6.45) is 1.46. The minimum absolute atomic E-state index is 0.0596. The Morgan fingerprint density at radius 2 is 1.91 bits per heavy atom. The number of aromatic amines is 1. The van der Waals surface area contributed by atoms with Gasteiger partial charge in [-0.3, -0.25) is 9.69 Å². The number of H-pyrrole nitrogens is 1. The summed E-state index contributed by atoms with van der Waals surface area (Å²) in [5, 5.41) is 13.5. The molecular weight excluding hydrogens is 590 g/mol. The van der Waals surface area contributed by atoms with Crippen LogP contribution in [-0.2, 0) is 16.9 Å². The molecule has 0 radical (unpaired) electrons. The molecule has 1 saturated heterocycles. The van der Waals surface area contributed by atoms with Crippen molar-refractivity contribution in [3.05, 3.63) is 101 Å². The maximum atomic E-state index is 15.0. The molecule has 3 heterocycles. The molecule has 0 aliphatic carbocycles. The minimum Gasteiger partial charge on any atom is -0.386 e. The normalized spacial score (nSPS) is 15.8. The number of aromatic nitrogens is 3. The number of ether oxygens (including phenoxy) is 1. The molecule has 0 saturated carbocycles. The van der Waals surface area contributed by atoms with Crippen LogP contribution in [0.1, 0.15) is 40.9 Å². The van der Waals surface area contributed by atoms with Crippen LogP contribution in [0.4, 0.5) is 14.5 Å².